The highest BCUT2D eigenvalue weighted by Gasteiger charge is 2.36. The Hall–Kier alpha value is -1.22. The number of hydrogen-bond donors (Lipinski definition) is 0. The Morgan fingerprint density at radius 3 is 2.53 bits per heavy atom. The van der Waals surface area contributed by atoms with Gasteiger partial charge in [-0.15, -0.1) is 0 Å². The van der Waals surface area contributed by atoms with Crippen LogP contribution in [0.5, 0.6) is 11.5 Å². The zero-order chi connectivity index (χ0) is 13.8. The summed E-state index contributed by atoms with van der Waals surface area (Å²) in [6.45, 7) is 6.99. The van der Waals surface area contributed by atoms with E-state index in [9.17, 15) is 0 Å². The predicted molar refractivity (Wildman–Crippen MR) is 76.1 cm³/mol. The van der Waals surface area contributed by atoms with Gasteiger partial charge in [0.05, 0.1) is 25.9 Å². The van der Waals surface area contributed by atoms with Gasteiger partial charge in [0.25, 0.3) is 0 Å². The van der Waals surface area contributed by atoms with Gasteiger partial charge in [0.1, 0.15) is 0 Å². The fourth-order valence-corrected chi connectivity index (χ4v) is 2.51. The highest BCUT2D eigenvalue weighted by atomic mass is 16.6. The Bertz CT molecular complexity index is 416. The maximum absolute atomic E-state index is 5.56. The van der Waals surface area contributed by atoms with E-state index in [0.717, 1.165) is 24.3 Å². The van der Waals surface area contributed by atoms with Gasteiger partial charge in [0.2, 0.25) is 0 Å². The van der Waals surface area contributed by atoms with E-state index in [0.29, 0.717) is 24.7 Å². The summed E-state index contributed by atoms with van der Waals surface area (Å²) in [5.74, 6) is 2.17. The summed E-state index contributed by atoms with van der Waals surface area (Å²) in [5, 5.41) is 0. The minimum Gasteiger partial charge on any atom is -0.493 e. The number of rotatable bonds is 7. The highest BCUT2D eigenvalue weighted by molar-refractivity contribution is 5.44. The molecule has 1 aliphatic heterocycles. The van der Waals surface area contributed by atoms with Crippen molar-refractivity contribution in [3.05, 3.63) is 23.8 Å². The van der Waals surface area contributed by atoms with Crippen LogP contribution in [0.3, 0.4) is 0 Å². The first-order valence-electron chi connectivity index (χ1n) is 7.15. The lowest BCUT2D eigenvalue weighted by Crippen LogP contribution is -2.04. The van der Waals surface area contributed by atoms with E-state index in [1.54, 1.807) is 7.11 Å². The second kappa shape index (κ2) is 6.29. The molecule has 0 bridgehead atoms. The minimum absolute atomic E-state index is 0.429. The van der Waals surface area contributed by atoms with Crippen molar-refractivity contribution in [3.8, 4) is 11.5 Å². The maximum atomic E-state index is 5.56. The number of epoxide rings is 1. The molecule has 0 N–H and O–H groups in total. The quantitative estimate of drug-likeness (QED) is 0.702. The summed E-state index contributed by atoms with van der Waals surface area (Å²) < 4.78 is 16.5. The summed E-state index contributed by atoms with van der Waals surface area (Å²) in [4.78, 5) is 0. The standard InChI is InChI=1S/C16H24O3/c1-5-12(9-15-11(3)19-15)13-7-8-14(18-6-2)16(10-13)17-4/h7-8,10-12,15H,5-6,9H2,1-4H3. The molecule has 3 nitrogen and oxygen atoms in total. The van der Waals surface area contributed by atoms with Gasteiger partial charge in [0, 0.05) is 0 Å². The van der Waals surface area contributed by atoms with Gasteiger partial charge in [-0.1, -0.05) is 13.0 Å². The zero-order valence-electron chi connectivity index (χ0n) is 12.3. The number of ether oxygens (including phenoxy) is 3. The average Bonchev–Trinajstić information content (AvgIpc) is 3.12. The Morgan fingerprint density at radius 2 is 2.00 bits per heavy atom. The molecule has 1 heterocycles. The molecule has 0 aliphatic carbocycles. The van der Waals surface area contributed by atoms with Gasteiger partial charge in [-0.2, -0.15) is 0 Å². The van der Waals surface area contributed by atoms with Crippen molar-refractivity contribution in [2.75, 3.05) is 13.7 Å². The summed E-state index contributed by atoms with van der Waals surface area (Å²) in [6, 6.07) is 6.26. The Kier molecular flexibility index (Phi) is 4.70. The second-order valence-corrected chi connectivity index (χ2v) is 5.06. The lowest BCUT2D eigenvalue weighted by molar-refractivity contribution is 0.310. The second-order valence-electron chi connectivity index (χ2n) is 5.06. The minimum atomic E-state index is 0.429. The number of methoxy groups -OCH3 is 1. The van der Waals surface area contributed by atoms with Gasteiger partial charge < -0.3 is 14.2 Å². The van der Waals surface area contributed by atoms with E-state index < -0.39 is 0 Å². The first kappa shape index (κ1) is 14.2. The van der Waals surface area contributed by atoms with E-state index >= 15 is 0 Å². The molecule has 1 saturated heterocycles. The van der Waals surface area contributed by atoms with Crippen molar-refractivity contribution in [1.82, 2.24) is 0 Å². The topological polar surface area (TPSA) is 31.0 Å². The van der Waals surface area contributed by atoms with Gasteiger partial charge in [-0.05, 0) is 50.3 Å². The molecule has 106 valence electrons. The van der Waals surface area contributed by atoms with Gasteiger partial charge in [-0.3, -0.25) is 0 Å². The largest absolute Gasteiger partial charge is 0.493 e. The molecule has 1 aromatic rings. The van der Waals surface area contributed by atoms with Gasteiger partial charge in [0.15, 0.2) is 11.5 Å². The van der Waals surface area contributed by atoms with Crippen LogP contribution < -0.4 is 9.47 Å². The summed E-state index contributed by atoms with van der Waals surface area (Å²) in [5.41, 5.74) is 1.31. The van der Waals surface area contributed by atoms with Crippen molar-refractivity contribution >= 4 is 0 Å². The Morgan fingerprint density at radius 1 is 1.26 bits per heavy atom. The molecule has 0 saturated carbocycles. The van der Waals surface area contributed by atoms with E-state index in [1.807, 2.05) is 13.0 Å². The van der Waals surface area contributed by atoms with E-state index in [-0.39, 0.29) is 0 Å². The monoisotopic (exact) mass is 264 g/mol. The molecule has 1 aromatic carbocycles. The van der Waals surface area contributed by atoms with E-state index in [1.165, 1.54) is 5.56 Å². The van der Waals surface area contributed by atoms with E-state index in [4.69, 9.17) is 14.2 Å². The van der Waals surface area contributed by atoms with Crippen LogP contribution in [0, 0.1) is 0 Å². The van der Waals surface area contributed by atoms with Crippen LogP contribution in [0.1, 0.15) is 45.1 Å². The van der Waals surface area contributed by atoms with Crippen LogP contribution in [0.15, 0.2) is 18.2 Å². The lowest BCUT2D eigenvalue weighted by Gasteiger charge is -2.17. The normalized spacial score (nSPS) is 22.9. The first-order valence-corrected chi connectivity index (χ1v) is 7.15. The van der Waals surface area contributed by atoms with E-state index in [2.05, 4.69) is 26.0 Å². The molecule has 1 aliphatic rings. The fourth-order valence-electron chi connectivity index (χ4n) is 2.51. The molecular formula is C16H24O3. The molecule has 1 fully saturated rings. The molecule has 3 unspecified atom stereocenters. The third-order valence-electron chi connectivity index (χ3n) is 3.80. The molecule has 3 atom stereocenters. The van der Waals surface area contributed by atoms with Crippen LogP contribution >= 0.6 is 0 Å². The molecular weight excluding hydrogens is 240 g/mol. The maximum Gasteiger partial charge on any atom is 0.161 e. The fraction of sp³-hybridized carbons (Fsp3) is 0.625. The van der Waals surface area contributed by atoms with Crippen LogP contribution in [-0.2, 0) is 4.74 Å². The van der Waals surface area contributed by atoms with Crippen molar-refractivity contribution < 1.29 is 14.2 Å². The molecule has 0 aromatic heterocycles. The number of hydrogen-bond acceptors (Lipinski definition) is 3. The van der Waals surface area contributed by atoms with Crippen molar-refractivity contribution in [3.63, 3.8) is 0 Å². The van der Waals surface area contributed by atoms with Gasteiger partial charge in [-0.25, -0.2) is 0 Å². The first-order chi connectivity index (χ1) is 9.19. The van der Waals surface area contributed by atoms with Crippen molar-refractivity contribution in [2.45, 2.75) is 51.7 Å². The van der Waals surface area contributed by atoms with Crippen LogP contribution in [0.25, 0.3) is 0 Å². The zero-order valence-corrected chi connectivity index (χ0v) is 12.3. The third-order valence-corrected chi connectivity index (χ3v) is 3.80. The average molecular weight is 264 g/mol. The van der Waals surface area contributed by atoms with Crippen molar-refractivity contribution in [2.24, 2.45) is 0 Å². The summed E-state index contributed by atoms with van der Waals surface area (Å²) in [7, 11) is 1.69. The molecule has 3 heteroatoms. The third kappa shape index (κ3) is 3.41. The van der Waals surface area contributed by atoms with Crippen LogP contribution in [0.2, 0.25) is 0 Å². The predicted octanol–water partition coefficient (Wildman–Crippen LogP) is 3.76. The Labute approximate surface area is 115 Å². The molecule has 0 radical (unpaired) electrons. The molecule has 19 heavy (non-hydrogen) atoms. The van der Waals surface area contributed by atoms with Crippen LogP contribution in [-0.4, -0.2) is 25.9 Å². The Balaban J connectivity index is 2.13. The van der Waals surface area contributed by atoms with Crippen LogP contribution in [0.4, 0.5) is 0 Å². The van der Waals surface area contributed by atoms with Crippen molar-refractivity contribution in [1.29, 1.82) is 0 Å². The number of benzene rings is 1. The summed E-state index contributed by atoms with van der Waals surface area (Å²) >= 11 is 0. The molecule has 0 amide bonds. The summed E-state index contributed by atoms with van der Waals surface area (Å²) in [6.07, 6.45) is 3.07. The highest BCUT2D eigenvalue weighted by Crippen LogP contribution is 2.37. The molecule has 0 spiro atoms. The smallest absolute Gasteiger partial charge is 0.161 e. The van der Waals surface area contributed by atoms with Gasteiger partial charge >= 0.3 is 0 Å². The molecule has 2 rings (SSSR count). The SMILES string of the molecule is CCOc1ccc(C(CC)CC2OC2C)cc1OC. The lowest BCUT2D eigenvalue weighted by atomic mass is 9.91.